The third kappa shape index (κ3) is 4.33. The number of rotatable bonds is 5. The Labute approximate surface area is 196 Å². The first kappa shape index (κ1) is 21.9. The molecular formula is C22H27ClN8O2. The second-order valence-electron chi connectivity index (χ2n) is 8.51. The molecule has 0 bridgehead atoms. The topological polar surface area (TPSA) is 114 Å². The van der Waals surface area contributed by atoms with Gasteiger partial charge in [-0.3, -0.25) is 14.7 Å². The van der Waals surface area contributed by atoms with Crippen LogP contribution in [0.1, 0.15) is 29.6 Å². The monoisotopic (exact) mass is 470 g/mol. The van der Waals surface area contributed by atoms with E-state index in [4.69, 9.17) is 22.1 Å². The zero-order chi connectivity index (χ0) is 22.9. The summed E-state index contributed by atoms with van der Waals surface area (Å²) < 4.78 is 6.93. The summed E-state index contributed by atoms with van der Waals surface area (Å²) in [6, 6.07) is 2.50. The Morgan fingerprint density at radius 3 is 2.82 bits per heavy atom. The van der Waals surface area contributed by atoms with Gasteiger partial charge in [0.15, 0.2) is 11.5 Å². The highest BCUT2D eigenvalue weighted by molar-refractivity contribution is 6.30. The molecule has 0 radical (unpaired) electrons. The van der Waals surface area contributed by atoms with Crippen LogP contribution in [0.4, 0.5) is 17.2 Å². The summed E-state index contributed by atoms with van der Waals surface area (Å²) in [7, 11) is 1.79. The predicted molar refractivity (Wildman–Crippen MR) is 127 cm³/mol. The molecule has 2 saturated heterocycles. The second kappa shape index (κ2) is 9.12. The van der Waals surface area contributed by atoms with Crippen molar-refractivity contribution in [3.8, 4) is 0 Å². The van der Waals surface area contributed by atoms with Gasteiger partial charge in [-0.05, 0) is 25.3 Å². The summed E-state index contributed by atoms with van der Waals surface area (Å²) >= 11 is 5.97. The fraction of sp³-hybridized carbons (Fsp3) is 0.455. The van der Waals surface area contributed by atoms with E-state index in [-0.39, 0.29) is 17.3 Å². The third-order valence-corrected chi connectivity index (χ3v) is 6.77. The van der Waals surface area contributed by atoms with E-state index in [1.807, 2.05) is 6.07 Å². The molecule has 3 aromatic heterocycles. The fourth-order valence-corrected chi connectivity index (χ4v) is 4.98. The number of ether oxygens (including phenoxy) is 1. The Morgan fingerprint density at radius 1 is 1.24 bits per heavy atom. The van der Waals surface area contributed by atoms with Crippen molar-refractivity contribution in [1.29, 1.82) is 0 Å². The van der Waals surface area contributed by atoms with Gasteiger partial charge in [0.25, 0.3) is 5.91 Å². The van der Waals surface area contributed by atoms with Gasteiger partial charge in [0.1, 0.15) is 5.56 Å². The highest BCUT2D eigenvalue weighted by atomic mass is 35.5. The molecule has 5 heterocycles. The first-order valence-electron chi connectivity index (χ1n) is 11.1. The Morgan fingerprint density at radius 2 is 2.06 bits per heavy atom. The highest BCUT2D eigenvalue weighted by Gasteiger charge is 2.31. The van der Waals surface area contributed by atoms with Crippen molar-refractivity contribution in [2.45, 2.75) is 31.4 Å². The van der Waals surface area contributed by atoms with Crippen LogP contribution in [0.2, 0.25) is 5.02 Å². The number of carbonyl (C=O) groups excluding carboxylic acids is 1. The van der Waals surface area contributed by atoms with Crippen molar-refractivity contribution in [2.75, 3.05) is 49.2 Å². The van der Waals surface area contributed by atoms with E-state index in [1.54, 1.807) is 25.7 Å². The fourth-order valence-electron chi connectivity index (χ4n) is 4.84. The zero-order valence-corrected chi connectivity index (χ0v) is 19.2. The van der Waals surface area contributed by atoms with Crippen molar-refractivity contribution in [1.82, 2.24) is 24.5 Å². The second-order valence-corrected chi connectivity index (χ2v) is 8.94. The van der Waals surface area contributed by atoms with E-state index >= 15 is 0 Å². The molecule has 1 unspecified atom stereocenters. The van der Waals surface area contributed by atoms with Crippen molar-refractivity contribution in [3.05, 3.63) is 41.4 Å². The third-order valence-electron chi connectivity index (χ3n) is 6.57. The molecule has 174 valence electrons. The quantitative estimate of drug-likeness (QED) is 0.584. The number of nitrogens with zero attached hydrogens (tertiary/aromatic N) is 6. The van der Waals surface area contributed by atoms with E-state index in [9.17, 15) is 4.79 Å². The number of anilines is 3. The molecule has 2 fully saturated rings. The maximum Gasteiger partial charge on any atom is 0.263 e. The van der Waals surface area contributed by atoms with Crippen LogP contribution in [0.25, 0.3) is 5.65 Å². The molecule has 0 aromatic carbocycles. The highest BCUT2D eigenvalue weighted by Crippen LogP contribution is 2.31. The number of piperidine rings is 1. The smallest absolute Gasteiger partial charge is 0.263 e. The lowest BCUT2D eigenvalue weighted by molar-refractivity contribution is 0.0975. The lowest BCUT2D eigenvalue weighted by Gasteiger charge is -2.38. The van der Waals surface area contributed by atoms with Gasteiger partial charge < -0.3 is 20.7 Å². The Kier molecular flexibility index (Phi) is 6.05. The van der Waals surface area contributed by atoms with Gasteiger partial charge in [-0.2, -0.15) is 0 Å². The van der Waals surface area contributed by atoms with Gasteiger partial charge in [-0.1, -0.05) is 11.6 Å². The predicted octanol–water partition coefficient (Wildman–Crippen LogP) is 2.30. The maximum atomic E-state index is 13.1. The molecule has 2 aliphatic heterocycles. The zero-order valence-electron chi connectivity index (χ0n) is 18.4. The summed E-state index contributed by atoms with van der Waals surface area (Å²) in [5.74, 6) is -0.294. The number of likely N-dealkylation sites (tertiary alicyclic amines) is 1. The van der Waals surface area contributed by atoms with Crippen molar-refractivity contribution in [3.63, 3.8) is 0 Å². The van der Waals surface area contributed by atoms with Gasteiger partial charge in [0.2, 0.25) is 0 Å². The van der Waals surface area contributed by atoms with Gasteiger partial charge in [0, 0.05) is 51.7 Å². The minimum absolute atomic E-state index is 0.0912. The van der Waals surface area contributed by atoms with E-state index in [1.165, 1.54) is 10.7 Å². The molecular weight excluding hydrogens is 444 g/mol. The van der Waals surface area contributed by atoms with E-state index in [0.717, 1.165) is 51.1 Å². The SMILES string of the molecule is COC1CCN(C2CCN(c3ccncc3NC(=O)c3c(N)nn4cc(Cl)cnc34)CC2)C1. The number of nitrogen functional groups attached to an aromatic ring is 1. The van der Waals surface area contributed by atoms with Gasteiger partial charge in [-0.25, -0.2) is 9.50 Å². The molecule has 3 aromatic rings. The summed E-state index contributed by atoms with van der Waals surface area (Å²) in [4.78, 5) is 26.4. The first-order valence-corrected chi connectivity index (χ1v) is 11.5. The number of aromatic nitrogens is 4. The normalized spacial score (nSPS) is 19.9. The Bertz CT molecular complexity index is 1160. The Hall–Kier alpha value is -2.95. The minimum Gasteiger partial charge on any atom is -0.381 e. The Balaban J connectivity index is 1.30. The number of halogens is 1. The number of fused-ring (bicyclic) bond motifs is 1. The molecule has 0 spiro atoms. The van der Waals surface area contributed by atoms with Crippen LogP contribution in [-0.2, 0) is 4.74 Å². The van der Waals surface area contributed by atoms with Crippen LogP contribution in [0, 0.1) is 0 Å². The molecule has 1 atom stereocenters. The van der Waals surface area contributed by atoms with Crippen molar-refractivity contribution < 1.29 is 9.53 Å². The van der Waals surface area contributed by atoms with Crippen LogP contribution in [0.3, 0.4) is 0 Å². The lowest BCUT2D eigenvalue weighted by atomic mass is 10.0. The molecule has 3 N–H and O–H groups in total. The van der Waals surface area contributed by atoms with Crippen LogP contribution in [-0.4, -0.2) is 75.8 Å². The van der Waals surface area contributed by atoms with Crippen LogP contribution >= 0.6 is 11.6 Å². The van der Waals surface area contributed by atoms with Gasteiger partial charge in [0.05, 0.1) is 34.9 Å². The number of nitrogens with two attached hydrogens (primary N) is 1. The molecule has 33 heavy (non-hydrogen) atoms. The first-order chi connectivity index (χ1) is 16.0. The molecule has 2 aliphatic rings. The summed E-state index contributed by atoms with van der Waals surface area (Å²) in [5.41, 5.74) is 8.15. The van der Waals surface area contributed by atoms with Crippen LogP contribution in [0.15, 0.2) is 30.9 Å². The van der Waals surface area contributed by atoms with Gasteiger partial charge >= 0.3 is 0 Å². The summed E-state index contributed by atoms with van der Waals surface area (Å²) in [6.07, 6.45) is 10.0. The van der Waals surface area contributed by atoms with E-state index in [0.29, 0.717) is 28.5 Å². The number of carbonyl (C=O) groups is 1. The molecule has 0 aliphatic carbocycles. The molecule has 5 rings (SSSR count). The molecule has 0 saturated carbocycles. The number of methoxy groups -OCH3 is 1. The lowest BCUT2D eigenvalue weighted by Crippen LogP contribution is -2.44. The van der Waals surface area contributed by atoms with Crippen LogP contribution < -0.4 is 16.0 Å². The molecule has 1 amide bonds. The molecule has 11 heteroatoms. The summed E-state index contributed by atoms with van der Waals surface area (Å²) in [6.45, 7) is 3.92. The number of hydrogen-bond acceptors (Lipinski definition) is 8. The maximum absolute atomic E-state index is 13.1. The standard InChI is InChI=1S/C22H27ClN8O2/c1-33-16-5-9-30(13-16)15-3-7-29(8-4-15)18-2-6-25-11-17(18)27-22(32)19-20(24)28-31-12-14(23)10-26-21(19)31/h2,6,10-12,15-16H,3-5,7-9,13H2,1H3,(H2,24,28)(H,27,32). The van der Waals surface area contributed by atoms with Crippen molar-refractivity contribution in [2.24, 2.45) is 0 Å². The summed E-state index contributed by atoms with van der Waals surface area (Å²) in [5, 5.41) is 7.52. The minimum atomic E-state index is -0.385. The van der Waals surface area contributed by atoms with Gasteiger partial charge in [-0.15, -0.1) is 5.10 Å². The average molecular weight is 471 g/mol. The largest absolute Gasteiger partial charge is 0.381 e. The number of nitrogens with one attached hydrogen (secondary N) is 1. The number of hydrogen-bond donors (Lipinski definition) is 2. The number of pyridine rings is 1. The van der Waals surface area contributed by atoms with Crippen LogP contribution in [0.5, 0.6) is 0 Å². The molecule has 10 nitrogen and oxygen atoms in total. The van der Waals surface area contributed by atoms with Crippen molar-refractivity contribution >= 4 is 40.3 Å². The van der Waals surface area contributed by atoms with E-state index in [2.05, 4.69) is 30.2 Å². The number of amides is 1. The average Bonchev–Trinajstić information content (AvgIpc) is 3.43. The van der Waals surface area contributed by atoms with E-state index < -0.39 is 0 Å².